The number of nitrogens with one attached hydrogen (secondary N) is 3. The van der Waals surface area contributed by atoms with Crippen molar-refractivity contribution in [1.29, 1.82) is 0 Å². The summed E-state index contributed by atoms with van der Waals surface area (Å²) >= 11 is 2.69. The molecule has 0 aliphatic heterocycles. The maximum Gasteiger partial charge on any atom is 0.221 e. The van der Waals surface area contributed by atoms with Crippen molar-refractivity contribution in [2.24, 2.45) is 5.92 Å². The van der Waals surface area contributed by atoms with Crippen LogP contribution in [0.25, 0.3) is 0 Å². The number of hydrogen-bond donors (Lipinski definition) is 3. The van der Waals surface area contributed by atoms with Gasteiger partial charge in [0, 0.05) is 31.6 Å². The second-order valence-electron chi connectivity index (χ2n) is 6.48. The first-order valence-corrected chi connectivity index (χ1v) is 10.5. The monoisotopic (exact) mass is 421 g/mol. The summed E-state index contributed by atoms with van der Waals surface area (Å²) in [6.07, 6.45) is 0. The summed E-state index contributed by atoms with van der Waals surface area (Å²) in [7, 11) is 0. The van der Waals surface area contributed by atoms with Gasteiger partial charge in [0.2, 0.25) is 16.9 Å². The van der Waals surface area contributed by atoms with E-state index in [1.807, 2.05) is 0 Å². The van der Waals surface area contributed by atoms with E-state index in [-0.39, 0.29) is 23.4 Å². The quantitative estimate of drug-likeness (QED) is 0.419. The molecule has 3 N–H and O–H groups in total. The van der Waals surface area contributed by atoms with E-state index in [4.69, 9.17) is 0 Å². The Hall–Kier alpha value is -2.46. The highest BCUT2D eigenvalue weighted by Crippen LogP contribution is 2.28. The van der Waals surface area contributed by atoms with Gasteiger partial charge in [0.15, 0.2) is 10.1 Å². The first-order chi connectivity index (χ1) is 13.2. The van der Waals surface area contributed by atoms with Gasteiger partial charge < -0.3 is 16.0 Å². The third-order valence-electron chi connectivity index (χ3n) is 3.35. The number of carbonyl (C=O) groups excluding carboxylic acids is 3. The van der Waals surface area contributed by atoms with E-state index >= 15 is 0 Å². The molecule has 10 heteroatoms. The second-order valence-corrected chi connectivity index (χ2v) is 8.68. The molecule has 0 aliphatic carbocycles. The number of thioether (sulfide) groups is 1. The molecule has 0 bridgehead atoms. The van der Waals surface area contributed by atoms with Crippen LogP contribution < -0.4 is 16.0 Å². The van der Waals surface area contributed by atoms with Crippen LogP contribution in [0.2, 0.25) is 0 Å². The number of rotatable bonds is 9. The van der Waals surface area contributed by atoms with Crippen LogP contribution in [0.1, 0.15) is 38.1 Å². The number of Topliss-reactive ketones (excluding diaryl/α,β-unsaturated/α-hetero) is 1. The van der Waals surface area contributed by atoms with Crippen molar-refractivity contribution in [2.75, 3.05) is 28.2 Å². The van der Waals surface area contributed by atoms with Crippen LogP contribution in [0, 0.1) is 5.92 Å². The number of aromatic nitrogens is 2. The highest BCUT2D eigenvalue weighted by Gasteiger charge is 2.15. The van der Waals surface area contributed by atoms with Crippen LogP contribution in [0.15, 0.2) is 22.5 Å². The van der Waals surface area contributed by atoms with Gasteiger partial charge in [-0.25, -0.2) is 0 Å². The van der Waals surface area contributed by atoms with Gasteiger partial charge in [-0.05, 0) is 24.1 Å². The molecule has 1 heterocycles. The first kappa shape index (κ1) is 21.8. The lowest BCUT2D eigenvalue weighted by Gasteiger charge is -2.11. The van der Waals surface area contributed by atoms with Gasteiger partial charge in [0.05, 0.1) is 11.4 Å². The molecule has 0 atom stereocenters. The molecule has 0 saturated carbocycles. The average Bonchev–Trinajstić information content (AvgIpc) is 3.05. The molecule has 2 amide bonds. The van der Waals surface area contributed by atoms with Crippen LogP contribution in [-0.4, -0.2) is 40.1 Å². The number of amides is 2. The lowest BCUT2D eigenvalue weighted by Crippen LogP contribution is -2.13. The highest BCUT2D eigenvalue weighted by molar-refractivity contribution is 8.01. The minimum atomic E-state index is -0.299. The zero-order valence-electron chi connectivity index (χ0n) is 16.2. The third kappa shape index (κ3) is 6.93. The molecule has 8 nitrogen and oxygen atoms in total. The van der Waals surface area contributed by atoms with Crippen LogP contribution in [-0.2, 0) is 9.59 Å². The van der Waals surface area contributed by atoms with E-state index in [1.165, 1.54) is 36.9 Å². The molecule has 0 aliphatic rings. The van der Waals surface area contributed by atoms with E-state index in [0.717, 1.165) is 11.7 Å². The molecule has 0 fully saturated rings. The predicted octanol–water partition coefficient (Wildman–Crippen LogP) is 3.50. The first-order valence-electron chi connectivity index (χ1n) is 8.67. The lowest BCUT2D eigenvalue weighted by atomic mass is 10.1. The van der Waals surface area contributed by atoms with Gasteiger partial charge in [-0.1, -0.05) is 36.9 Å². The molecule has 0 radical (unpaired) electrons. The van der Waals surface area contributed by atoms with E-state index in [1.54, 1.807) is 18.2 Å². The summed E-state index contributed by atoms with van der Waals surface area (Å²) in [4.78, 5) is 35.4. The van der Waals surface area contributed by atoms with Crippen molar-refractivity contribution in [3.05, 3.63) is 23.8 Å². The van der Waals surface area contributed by atoms with Crippen molar-refractivity contribution in [3.8, 4) is 0 Å². The largest absolute Gasteiger partial charge is 0.360 e. The Balaban J connectivity index is 2.06. The summed E-state index contributed by atoms with van der Waals surface area (Å²) in [5.74, 6) is -0.0392. The van der Waals surface area contributed by atoms with E-state index in [2.05, 4.69) is 40.0 Å². The normalized spacial score (nSPS) is 10.6. The molecule has 0 saturated heterocycles. The van der Waals surface area contributed by atoms with Gasteiger partial charge in [-0.15, -0.1) is 10.2 Å². The fourth-order valence-corrected chi connectivity index (χ4v) is 3.84. The number of nitrogens with zero attached hydrogens (tertiary/aromatic N) is 2. The molecule has 1 aromatic carbocycles. The van der Waals surface area contributed by atoms with Crippen molar-refractivity contribution < 1.29 is 14.4 Å². The zero-order chi connectivity index (χ0) is 20.7. The minimum Gasteiger partial charge on any atom is -0.360 e. The number of ketones is 1. The Labute approximate surface area is 171 Å². The minimum absolute atomic E-state index is 0.157. The summed E-state index contributed by atoms with van der Waals surface area (Å²) in [5.41, 5.74) is 1.24. The van der Waals surface area contributed by atoms with Crippen LogP contribution in [0.4, 0.5) is 16.5 Å². The predicted molar refractivity (Wildman–Crippen MR) is 113 cm³/mol. The Kier molecular flexibility index (Phi) is 7.94. The van der Waals surface area contributed by atoms with E-state index in [0.29, 0.717) is 27.2 Å². The fraction of sp³-hybridized carbons (Fsp3) is 0.389. The average molecular weight is 422 g/mol. The van der Waals surface area contributed by atoms with Crippen molar-refractivity contribution in [2.45, 2.75) is 32.0 Å². The number of anilines is 3. The summed E-state index contributed by atoms with van der Waals surface area (Å²) in [6, 6.07) is 4.79. The summed E-state index contributed by atoms with van der Waals surface area (Å²) in [6.45, 7) is 7.76. The number of hydrogen-bond acceptors (Lipinski definition) is 8. The number of benzene rings is 1. The maximum atomic E-state index is 12.7. The SMILES string of the molecule is CC(=O)Nc1ccc(C(=O)CSc2nnc(NCC(C)C)s2)c(NC(C)=O)c1. The molecular formula is C18H23N5O3S2. The molecule has 150 valence electrons. The van der Waals surface area contributed by atoms with E-state index in [9.17, 15) is 14.4 Å². The molecule has 0 unspecified atom stereocenters. The Morgan fingerprint density at radius 2 is 1.82 bits per heavy atom. The molecule has 2 rings (SSSR count). The maximum absolute atomic E-state index is 12.7. The smallest absolute Gasteiger partial charge is 0.221 e. The standard InChI is InChI=1S/C18H23N5O3S2/c1-10(2)8-19-17-22-23-18(28-17)27-9-16(26)14-6-5-13(20-11(3)24)7-15(14)21-12(4)25/h5-7,10H,8-9H2,1-4H3,(H,19,22)(H,20,24)(H,21,25). The zero-order valence-corrected chi connectivity index (χ0v) is 17.8. The Bertz CT molecular complexity index is 867. The van der Waals surface area contributed by atoms with Gasteiger partial charge in [-0.2, -0.15) is 0 Å². The van der Waals surface area contributed by atoms with Gasteiger partial charge in [0.1, 0.15) is 0 Å². The third-order valence-corrected chi connectivity index (χ3v) is 5.36. The van der Waals surface area contributed by atoms with Crippen LogP contribution in [0.5, 0.6) is 0 Å². The molecule has 28 heavy (non-hydrogen) atoms. The van der Waals surface area contributed by atoms with Gasteiger partial charge in [-0.3, -0.25) is 14.4 Å². The van der Waals surface area contributed by atoms with Gasteiger partial charge in [0.25, 0.3) is 0 Å². The molecular weight excluding hydrogens is 398 g/mol. The molecule has 1 aromatic heterocycles. The Morgan fingerprint density at radius 3 is 2.46 bits per heavy atom. The second kappa shape index (κ2) is 10.2. The molecule has 0 spiro atoms. The van der Waals surface area contributed by atoms with Gasteiger partial charge >= 0.3 is 0 Å². The summed E-state index contributed by atoms with van der Waals surface area (Å²) in [5, 5.41) is 17.3. The van der Waals surface area contributed by atoms with Crippen LogP contribution in [0.3, 0.4) is 0 Å². The summed E-state index contributed by atoms with van der Waals surface area (Å²) < 4.78 is 0.690. The van der Waals surface area contributed by atoms with Crippen molar-refractivity contribution in [3.63, 3.8) is 0 Å². The van der Waals surface area contributed by atoms with E-state index < -0.39 is 0 Å². The molecule has 2 aromatic rings. The number of carbonyl (C=O) groups is 3. The fourth-order valence-electron chi connectivity index (χ4n) is 2.20. The highest BCUT2D eigenvalue weighted by atomic mass is 32.2. The topological polar surface area (TPSA) is 113 Å². The lowest BCUT2D eigenvalue weighted by molar-refractivity contribution is -0.115. The Morgan fingerprint density at radius 1 is 1.11 bits per heavy atom. The van der Waals surface area contributed by atoms with Crippen molar-refractivity contribution in [1.82, 2.24) is 10.2 Å². The van der Waals surface area contributed by atoms with Crippen molar-refractivity contribution >= 4 is 57.2 Å². The van der Waals surface area contributed by atoms with Crippen LogP contribution >= 0.6 is 23.1 Å².